The van der Waals surface area contributed by atoms with Crippen molar-refractivity contribution in [2.45, 2.75) is 86.1 Å². The van der Waals surface area contributed by atoms with Gasteiger partial charge >= 0.3 is 6.18 Å². The van der Waals surface area contributed by atoms with Crippen molar-refractivity contribution in [2.75, 3.05) is 25.1 Å². The Bertz CT molecular complexity index is 1540. The first-order valence-corrected chi connectivity index (χ1v) is 17.8. The van der Waals surface area contributed by atoms with Crippen molar-refractivity contribution in [1.29, 1.82) is 0 Å². The van der Waals surface area contributed by atoms with E-state index in [0.29, 0.717) is 25.8 Å². The molecule has 12 heteroatoms. The largest absolute Gasteiger partial charge is 0.416 e. The number of halogens is 3. The highest BCUT2D eigenvalue weighted by molar-refractivity contribution is 7.98. The number of alkyl halides is 3. The van der Waals surface area contributed by atoms with Gasteiger partial charge in [0.15, 0.2) is 9.84 Å². The van der Waals surface area contributed by atoms with Crippen LogP contribution in [0.15, 0.2) is 58.3 Å². The Labute approximate surface area is 268 Å². The van der Waals surface area contributed by atoms with E-state index in [4.69, 9.17) is 6.42 Å². The molecule has 2 aromatic carbocycles. The van der Waals surface area contributed by atoms with Crippen molar-refractivity contribution < 1.29 is 31.2 Å². The van der Waals surface area contributed by atoms with E-state index >= 15 is 0 Å². The normalized spacial score (nSPS) is 24.2. The lowest BCUT2D eigenvalue weighted by Gasteiger charge is -2.45. The van der Waals surface area contributed by atoms with Crippen LogP contribution in [0.1, 0.15) is 62.4 Å². The maximum atomic E-state index is 13.9. The predicted molar refractivity (Wildman–Crippen MR) is 170 cm³/mol. The van der Waals surface area contributed by atoms with Crippen LogP contribution in [0.5, 0.6) is 0 Å². The standard InChI is InChI=1S/C33H40F3N3O4S2/c1-6-17-38(22(2)3)26-10-15-29(24(20-26)21-45(42,43)28-13-11-27(44-5)12-14-28)39-18-16-32(4,31(39)41)37-30(40)23-8-7-9-25(19-23)33(34,35)36/h1,7-9,11-14,19,22,24,26,29H,10,15-18,20-21H2,2-5H3,(H,37,40)/t24-,26+,29-,32-/m0/s1. The molecule has 1 aliphatic carbocycles. The van der Waals surface area contributed by atoms with Crippen molar-refractivity contribution in [3.8, 4) is 12.3 Å². The summed E-state index contributed by atoms with van der Waals surface area (Å²) < 4.78 is 67.2. The molecule has 4 atom stereocenters. The molecule has 1 N–H and O–H groups in total. The van der Waals surface area contributed by atoms with Gasteiger partial charge in [0.1, 0.15) is 5.54 Å². The first kappa shape index (κ1) is 34.9. The molecule has 2 aromatic rings. The minimum atomic E-state index is -4.61. The van der Waals surface area contributed by atoms with Crippen molar-refractivity contribution in [1.82, 2.24) is 15.1 Å². The SMILES string of the molecule is C#CCN(C(C)C)[C@@H]1CC[C@H](N2CC[C@](C)(NC(=O)c3cccc(C(F)(F)F)c3)C2=O)[C@H](CS(=O)(=O)c2ccc(SC)cc2)C1. The van der Waals surface area contributed by atoms with E-state index in [0.717, 1.165) is 23.1 Å². The number of sulfone groups is 1. The molecule has 1 aliphatic heterocycles. The van der Waals surface area contributed by atoms with Crippen molar-refractivity contribution >= 4 is 33.4 Å². The molecular formula is C33H40F3N3O4S2. The minimum Gasteiger partial charge on any atom is -0.338 e. The van der Waals surface area contributed by atoms with Gasteiger partial charge in [0, 0.05) is 35.1 Å². The van der Waals surface area contributed by atoms with Crippen molar-refractivity contribution in [3.05, 3.63) is 59.7 Å². The Morgan fingerprint density at radius 2 is 1.89 bits per heavy atom. The van der Waals surface area contributed by atoms with E-state index in [1.807, 2.05) is 20.1 Å². The molecule has 0 bridgehead atoms. The second kappa shape index (κ2) is 13.8. The lowest BCUT2D eigenvalue weighted by molar-refractivity contribution is -0.138. The zero-order valence-electron chi connectivity index (χ0n) is 25.9. The molecule has 0 radical (unpaired) electrons. The summed E-state index contributed by atoms with van der Waals surface area (Å²) in [7, 11) is -3.71. The number of nitrogens with one attached hydrogen (secondary N) is 1. The first-order valence-electron chi connectivity index (χ1n) is 15.0. The molecule has 1 heterocycles. The van der Waals surface area contributed by atoms with Gasteiger partial charge < -0.3 is 10.2 Å². The Hall–Kier alpha value is -3.01. The number of likely N-dealkylation sites (tertiary alicyclic amines) is 1. The third-order valence-electron chi connectivity index (χ3n) is 9.00. The highest BCUT2D eigenvalue weighted by Gasteiger charge is 2.50. The Morgan fingerprint density at radius 1 is 1.20 bits per heavy atom. The van der Waals surface area contributed by atoms with Crippen LogP contribution in [0, 0.1) is 18.3 Å². The van der Waals surface area contributed by atoms with Crippen LogP contribution in [0.3, 0.4) is 0 Å². The molecule has 244 valence electrons. The predicted octanol–water partition coefficient (Wildman–Crippen LogP) is 5.50. The third-order valence-corrected chi connectivity index (χ3v) is 11.6. The minimum absolute atomic E-state index is 0.0288. The molecule has 2 fully saturated rings. The van der Waals surface area contributed by atoms with Crippen LogP contribution >= 0.6 is 11.8 Å². The molecule has 2 aliphatic rings. The van der Waals surface area contributed by atoms with Gasteiger partial charge in [-0.25, -0.2) is 8.42 Å². The quantitative estimate of drug-likeness (QED) is 0.267. The second-order valence-corrected chi connectivity index (χ2v) is 15.2. The van der Waals surface area contributed by atoms with Gasteiger partial charge in [-0.05, 0) is 101 Å². The highest BCUT2D eigenvalue weighted by Crippen LogP contribution is 2.38. The number of terminal acetylenes is 1. The van der Waals surface area contributed by atoms with Crippen LogP contribution < -0.4 is 5.32 Å². The number of nitrogens with zero attached hydrogens (tertiary/aromatic N) is 2. The molecule has 4 rings (SSSR count). The van der Waals surface area contributed by atoms with Crippen LogP contribution in [0.2, 0.25) is 0 Å². The van der Waals surface area contributed by atoms with Crippen LogP contribution in [0.25, 0.3) is 0 Å². The van der Waals surface area contributed by atoms with Gasteiger partial charge in [-0.1, -0.05) is 12.0 Å². The Balaban J connectivity index is 1.59. The molecule has 45 heavy (non-hydrogen) atoms. The number of carbonyl (C=O) groups is 2. The topological polar surface area (TPSA) is 86.8 Å². The van der Waals surface area contributed by atoms with Crippen LogP contribution in [-0.2, 0) is 20.8 Å². The Kier molecular flexibility index (Phi) is 10.7. The maximum Gasteiger partial charge on any atom is 0.416 e. The molecule has 1 saturated carbocycles. The third kappa shape index (κ3) is 7.87. The maximum absolute atomic E-state index is 13.9. The Morgan fingerprint density at radius 3 is 2.49 bits per heavy atom. The van der Waals surface area contributed by atoms with E-state index in [9.17, 15) is 31.2 Å². The van der Waals surface area contributed by atoms with E-state index < -0.39 is 45.0 Å². The van der Waals surface area contributed by atoms with Crippen LogP contribution in [0.4, 0.5) is 13.2 Å². The van der Waals surface area contributed by atoms with E-state index in [1.165, 1.54) is 17.8 Å². The first-order chi connectivity index (χ1) is 21.1. The van der Waals surface area contributed by atoms with Gasteiger partial charge in [-0.3, -0.25) is 14.5 Å². The zero-order valence-corrected chi connectivity index (χ0v) is 27.6. The van der Waals surface area contributed by atoms with Gasteiger partial charge in [-0.15, -0.1) is 18.2 Å². The summed E-state index contributed by atoms with van der Waals surface area (Å²) >= 11 is 1.52. The summed E-state index contributed by atoms with van der Waals surface area (Å²) in [6.07, 6.45) is 4.97. The number of carbonyl (C=O) groups excluding carboxylic acids is 2. The smallest absolute Gasteiger partial charge is 0.338 e. The van der Waals surface area contributed by atoms with Gasteiger partial charge in [-0.2, -0.15) is 13.2 Å². The summed E-state index contributed by atoms with van der Waals surface area (Å²) in [5, 5.41) is 2.68. The fraction of sp³-hybridized carbons (Fsp3) is 0.515. The lowest BCUT2D eigenvalue weighted by Crippen LogP contribution is -2.56. The van der Waals surface area contributed by atoms with Crippen molar-refractivity contribution in [2.24, 2.45) is 5.92 Å². The molecule has 2 amide bonds. The van der Waals surface area contributed by atoms with Crippen LogP contribution in [-0.4, -0.2) is 78.8 Å². The summed E-state index contributed by atoms with van der Waals surface area (Å²) in [4.78, 5) is 32.0. The number of thioether (sulfide) groups is 1. The second-order valence-electron chi connectivity index (χ2n) is 12.3. The number of benzene rings is 2. The number of hydrogen-bond donors (Lipinski definition) is 1. The van der Waals surface area contributed by atoms with Gasteiger partial charge in [0.2, 0.25) is 5.91 Å². The summed E-state index contributed by atoms with van der Waals surface area (Å²) in [5.41, 5.74) is -2.51. The van der Waals surface area contributed by atoms with E-state index in [-0.39, 0.29) is 47.2 Å². The monoisotopic (exact) mass is 663 g/mol. The summed E-state index contributed by atoms with van der Waals surface area (Å²) in [6.45, 7) is 6.37. The lowest BCUT2D eigenvalue weighted by atomic mass is 9.80. The molecule has 0 aromatic heterocycles. The number of amides is 2. The fourth-order valence-electron chi connectivity index (χ4n) is 6.58. The molecule has 0 unspecified atom stereocenters. The molecule has 0 spiro atoms. The average molecular weight is 664 g/mol. The summed E-state index contributed by atoms with van der Waals surface area (Å²) in [6, 6.07) is 10.6. The number of hydrogen-bond acceptors (Lipinski definition) is 6. The highest BCUT2D eigenvalue weighted by atomic mass is 32.2. The fourth-order valence-corrected chi connectivity index (χ4v) is 8.65. The zero-order chi connectivity index (χ0) is 33.2. The number of rotatable bonds is 10. The summed E-state index contributed by atoms with van der Waals surface area (Å²) in [5.74, 6) is 0.994. The van der Waals surface area contributed by atoms with Gasteiger partial charge in [0.25, 0.3) is 5.91 Å². The van der Waals surface area contributed by atoms with Gasteiger partial charge in [0.05, 0.1) is 22.8 Å². The van der Waals surface area contributed by atoms with Crippen molar-refractivity contribution in [3.63, 3.8) is 0 Å². The van der Waals surface area contributed by atoms with E-state index in [2.05, 4.69) is 16.1 Å². The van der Waals surface area contributed by atoms with E-state index in [1.54, 1.807) is 36.1 Å². The average Bonchev–Trinajstić information content (AvgIpc) is 3.28. The molecule has 7 nitrogen and oxygen atoms in total. The molecule has 1 saturated heterocycles. The molecular weight excluding hydrogens is 624 g/mol.